The minimum atomic E-state index is -0.716. The van der Waals surface area contributed by atoms with Crippen LogP contribution in [0.3, 0.4) is 0 Å². The van der Waals surface area contributed by atoms with Gasteiger partial charge in [0.1, 0.15) is 11.8 Å². The lowest BCUT2D eigenvalue weighted by Crippen LogP contribution is -2.56. The van der Waals surface area contributed by atoms with Crippen LogP contribution in [0.5, 0.6) is 5.75 Å². The van der Waals surface area contributed by atoms with E-state index in [9.17, 15) is 14.7 Å². The number of carbonyl (C=O) groups is 2. The average Bonchev–Trinajstić information content (AvgIpc) is 3.18. The summed E-state index contributed by atoms with van der Waals surface area (Å²) < 4.78 is 10.1. The first kappa shape index (κ1) is 18.7. The summed E-state index contributed by atoms with van der Waals surface area (Å²) >= 11 is 0. The monoisotopic (exact) mass is 361 g/mol. The first-order valence-corrected chi connectivity index (χ1v) is 9.23. The van der Waals surface area contributed by atoms with Gasteiger partial charge in [0.2, 0.25) is 5.91 Å². The Balaban J connectivity index is 1.93. The molecular formula is C20H27NO5. The number of rotatable bonds is 4. The lowest BCUT2D eigenvalue weighted by atomic mass is 9.76. The maximum absolute atomic E-state index is 13.6. The predicted octanol–water partition coefficient (Wildman–Crippen LogP) is 2.03. The van der Waals surface area contributed by atoms with E-state index in [0.29, 0.717) is 13.0 Å². The number of methoxy groups -OCH3 is 2. The zero-order valence-corrected chi connectivity index (χ0v) is 15.4. The van der Waals surface area contributed by atoms with Gasteiger partial charge in [-0.15, -0.1) is 0 Å². The lowest BCUT2D eigenvalue weighted by molar-refractivity contribution is -0.159. The Morgan fingerprint density at radius 2 is 1.81 bits per heavy atom. The molecule has 1 aliphatic carbocycles. The summed E-state index contributed by atoms with van der Waals surface area (Å²) in [5.41, 5.74) is 0.358. The topological polar surface area (TPSA) is 76.1 Å². The highest BCUT2D eigenvalue weighted by Crippen LogP contribution is 2.44. The fourth-order valence-corrected chi connectivity index (χ4v) is 4.34. The SMILES string of the molecule is COC(=O)[C@H]1C[C@@H](O)CCN1C(=O)C1(c2ccc(OC)cc2)CCCC1. The highest BCUT2D eigenvalue weighted by Gasteiger charge is 2.48. The van der Waals surface area contributed by atoms with Crippen LogP contribution in [0, 0.1) is 0 Å². The molecule has 0 radical (unpaired) electrons. The number of benzene rings is 1. The summed E-state index contributed by atoms with van der Waals surface area (Å²) in [6.45, 7) is 0.373. The first-order chi connectivity index (χ1) is 12.5. The number of hydrogen-bond acceptors (Lipinski definition) is 5. The molecule has 0 unspecified atom stereocenters. The Labute approximate surface area is 154 Å². The van der Waals surface area contributed by atoms with Gasteiger partial charge in [0.25, 0.3) is 0 Å². The van der Waals surface area contributed by atoms with Gasteiger partial charge in [0, 0.05) is 13.0 Å². The van der Waals surface area contributed by atoms with Gasteiger partial charge in [-0.05, 0) is 37.0 Å². The Kier molecular flexibility index (Phi) is 5.51. The molecule has 1 amide bonds. The molecule has 2 fully saturated rings. The zero-order valence-electron chi connectivity index (χ0n) is 15.4. The van der Waals surface area contributed by atoms with Crippen molar-refractivity contribution in [3.05, 3.63) is 29.8 Å². The van der Waals surface area contributed by atoms with E-state index in [0.717, 1.165) is 37.0 Å². The van der Waals surface area contributed by atoms with Gasteiger partial charge in [0.15, 0.2) is 0 Å². The van der Waals surface area contributed by atoms with Gasteiger partial charge < -0.3 is 19.5 Å². The van der Waals surface area contributed by atoms with Crippen molar-refractivity contribution in [3.8, 4) is 5.75 Å². The van der Waals surface area contributed by atoms with Crippen molar-refractivity contribution in [1.82, 2.24) is 4.90 Å². The van der Waals surface area contributed by atoms with Gasteiger partial charge in [-0.1, -0.05) is 25.0 Å². The van der Waals surface area contributed by atoms with E-state index in [1.54, 1.807) is 12.0 Å². The predicted molar refractivity (Wildman–Crippen MR) is 95.9 cm³/mol. The van der Waals surface area contributed by atoms with Crippen molar-refractivity contribution in [2.45, 2.75) is 56.1 Å². The zero-order chi connectivity index (χ0) is 18.7. The van der Waals surface area contributed by atoms with Gasteiger partial charge in [-0.25, -0.2) is 4.79 Å². The molecule has 1 saturated carbocycles. The van der Waals surface area contributed by atoms with E-state index in [2.05, 4.69) is 0 Å². The number of hydrogen-bond donors (Lipinski definition) is 1. The van der Waals surface area contributed by atoms with E-state index in [1.807, 2.05) is 24.3 Å². The van der Waals surface area contributed by atoms with Crippen LogP contribution in [0.1, 0.15) is 44.1 Å². The molecule has 2 aliphatic rings. The Bertz CT molecular complexity index is 651. The highest BCUT2D eigenvalue weighted by molar-refractivity contribution is 5.92. The minimum Gasteiger partial charge on any atom is -0.497 e. The molecule has 3 rings (SSSR count). The van der Waals surface area contributed by atoms with Gasteiger partial charge >= 0.3 is 5.97 Å². The number of carbonyl (C=O) groups excluding carboxylic acids is 2. The molecule has 1 N–H and O–H groups in total. The molecule has 1 heterocycles. The van der Waals surface area contributed by atoms with Crippen molar-refractivity contribution < 1.29 is 24.2 Å². The third kappa shape index (κ3) is 3.30. The van der Waals surface area contributed by atoms with Gasteiger partial charge in [0.05, 0.1) is 25.7 Å². The van der Waals surface area contributed by atoms with E-state index >= 15 is 0 Å². The quantitative estimate of drug-likeness (QED) is 0.831. The second-order valence-electron chi connectivity index (χ2n) is 7.23. The molecular weight excluding hydrogens is 334 g/mol. The number of piperidine rings is 1. The second-order valence-corrected chi connectivity index (χ2v) is 7.23. The van der Waals surface area contributed by atoms with Crippen LogP contribution in [0.4, 0.5) is 0 Å². The summed E-state index contributed by atoms with van der Waals surface area (Å²) in [6, 6.07) is 6.94. The largest absolute Gasteiger partial charge is 0.497 e. The number of nitrogens with zero attached hydrogens (tertiary/aromatic N) is 1. The molecule has 0 bridgehead atoms. The van der Waals surface area contributed by atoms with E-state index in [1.165, 1.54) is 7.11 Å². The molecule has 0 aromatic heterocycles. The lowest BCUT2D eigenvalue weighted by Gasteiger charge is -2.41. The van der Waals surface area contributed by atoms with Crippen LogP contribution in [0.25, 0.3) is 0 Å². The summed E-state index contributed by atoms with van der Waals surface area (Å²) in [7, 11) is 2.94. The normalized spacial score (nSPS) is 25.0. The summed E-state index contributed by atoms with van der Waals surface area (Å²) in [5.74, 6) is 0.269. The molecule has 1 aromatic carbocycles. The van der Waals surface area contributed by atoms with Crippen molar-refractivity contribution in [1.29, 1.82) is 0 Å². The Morgan fingerprint density at radius 3 is 2.38 bits per heavy atom. The van der Waals surface area contributed by atoms with Crippen molar-refractivity contribution >= 4 is 11.9 Å². The molecule has 2 atom stereocenters. The number of amides is 1. The van der Waals surface area contributed by atoms with Crippen LogP contribution < -0.4 is 4.74 Å². The molecule has 1 saturated heterocycles. The number of esters is 1. The fraction of sp³-hybridized carbons (Fsp3) is 0.600. The maximum atomic E-state index is 13.6. The van der Waals surface area contributed by atoms with E-state index < -0.39 is 23.5 Å². The van der Waals surface area contributed by atoms with E-state index in [-0.39, 0.29) is 12.3 Å². The number of aliphatic hydroxyl groups is 1. The van der Waals surface area contributed by atoms with Gasteiger partial charge in [-0.2, -0.15) is 0 Å². The van der Waals surface area contributed by atoms with Crippen LogP contribution in [0.2, 0.25) is 0 Å². The van der Waals surface area contributed by atoms with Crippen LogP contribution in [0.15, 0.2) is 24.3 Å². The smallest absolute Gasteiger partial charge is 0.328 e. The summed E-state index contributed by atoms with van der Waals surface area (Å²) in [6.07, 6.45) is 3.64. The third-order valence-electron chi connectivity index (χ3n) is 5.82. The van der Waals surface area contributed by atoms with Crippen LogP contribution in [-0.2, 0) is 19.7 Å². The molecule has 1 aliphatic heterocycles. The molecule has 142 valence electrons. The van der Waals surface area contributed by atoms with Crippen molar-refractivity contribution in [2.75, 3.05) is 20.8 Å². The standard InChI is InChI=1S/C20H27NO5/c1-25-16-7-5-14(6-8-16)20(10-3-4-11-20)19(24)21-12-9-15(22)13-17(21)18(23)26-2/h5-8,15,17,22H,3-4,9-13H2,1-2H3/t15-,17+/m0/s1. The first-order valence-electron chi connectivity index (χ1n) is 9.23. The molecule has 0 spiro atoms. The van der Waals surface area contributed by atoms with E-state index in [4.69, 9.17) is 9.47 Å². The van der Waals surface area contributed by atoms with Gasteiger partial charge in [-0.3, -0.25) is 4.79 Å². The van der Waals surface area contributed by atoms with Crippen molar-refractivity contribution in [2.24, 2.45) is 0 Å². The van der Waals surface area contributed by atoms with Crippen LogP contribution in [-0.4, -0.2) is 54.8 Å². The Morgan fingerprint density at radius 1 is 1.15 bits per heavy atom. The second kappa shape index (κ2) is 7.66. The molecule has 6 nitrogen and oxygen atoms in total. The Hall–Kier alpha value is -2.08. The summed E-state index contributed by atoms with van der Waals surface area (Å²) in [4.78, 5) is 27.5. The number of aliphatic hydroxyl groups excluding tert-OH is 1. The maximum Gasteiger partial charge on any atom is 0.328 e. The molecule has 1 aromatic rings. The number of likely N-dealkylation sites (tertiary alicyclic amines) is 1. The fourth-order valence-electron chi connectivity index (χ4n) is 4.34. The number of ether oxygens (including phenoxy) is 2. The van der Waals surface area contributed by atoms with Crippen molar-refractivity contribution in [3.63, 3.8) is 0 Å². The molecule has 26 heavy (non-hydrogen) atoms. The highest BCUT2D eigenvalue weighted by atomic mass is 16.5. The average molecular weight is 361 g/mol. The molecule has 6 heteroatoms. The minimum absolute atomic E-state index is 0.0255. The third-order valence-corrected chi connectivity index (χ3v) is 5.82. The summed E-state index contributed by atoms with van der Waals surface area (Å²) in [5, 5.41) is 9.97. The van der Waals surface area contributed by atoms with Crippen LogP contribution >= 0.6 is 0 Å².